The Morgan fingerprint density at radius 2 is 2.15 bits per heavy atom. The minimum atomic E-state index is -1.02. The van der Waals surface area contributed by atoms with E-state index in [0.717, 1.165) is 5.56 Å². The van der Waals surface area contributed by atoms with Crippen molar-refractivity contribution in [3.05, 3.63) is 34.9 Å². The summed E-state index contributed by atoms with van der Waals surface area (Å²) < 4.78 is 0. The molecule has 1 rings (SSSR count). The van der Waals surface area contributed by atoms with Crippen LogP contribution in [0.1, 0.15) is 25.3 Å². The molecule has 5 nitrogen and oxygen atoms in total. The van der Waals surface area contributed by atoms with Crippen molar-refractivity contribution in [2.24, 2.45) is 0 Å². The van der Waals surface area contributed by atoms with E-state index in [-0.39, 0.29) is 0 Å². The smallest absolute Gasteiger partial charge is 0.326 e. The van der Waals surface area contributed by atoms with E-state index in [1.165, 1.54) is 4.90 Å². The molecule has 1 aromatic rings. The number of hydrogen-bond acceptors (Lipinski definition) is 2. The van der Waals surface area contributed by atoms with Gasteiger partial charge >= 0.3 is 12.0 Å². The zero-order valence-corrected chi connectivity index (χ0v) is 12.4. The first-order valence-corrected chi connectivity index (χ1v) is 6.80. The fraction of sp³-hybridized carbons (Fsp3) is 0.429. The van der Waals surface area contributed by atoms with E-state index < -0.39 is 18.0 Å². The second-order valence-corrected chi connectivity index (χ2v) is 5.05. The number of aliphatic carboxylic acids is 1. The standard InChI is InChI=1S/C14H19ClN2O3/c1-3-5-12(13(18)19)16-14(20)17(2)9-10-6-4-7-11(15)8-10/h4,6-8,12H,3,5,9H2,1-2H3,(H,16,20)(H,18,19). The van der Waals surface area contributed by atoms with Gasteiger partial charge in [-0.2, -0.15) is 0 Å². The van der Waals surface area contributed by atoms with Gasteiger partial charge in [0.15, 0.2) is 0 Å². The van der Waals surface area contributed by atoms with Crippen molar-refractivity contribution in [3.63, 3.8) is 0 Å². The van der Waals surface area contributed by atoms with Gasteiger partial charge in [0.05, 0.1) is 0 Å². The second kappa shape index (κ2) is 7.75. The third kappa shape index (κ3) is 5.09. The Hall–Kier alpha value is -1.75. The number of urea groups is 1. The molecular formula is C14H19ClN2O3. The van der Waals surface area contributed by atoms with Crippen LogP contribution in [0.25, 0.3) is 0 Å². The van der Waals surface area contributed by atoms with Gasteiger partial charge in [0.2, 0.25) is 0 Å². The van der Waals surface area contributed by atoms with E-state index in [9.17, 15) is 9.59 Å². The van der Waals surface area contributed by atoms with Gasteiger partial charge < -0.3 is 15.3 Å². The van der Waals surface area contributed by atoms with Crippen LogP contribution in [0.5, 0.6) is 0 Å². The van der Waals surface area contributed by atoms with Crippen LogP contribution < -0.4 is 5.32 Å². The van der Waals surface area contributed by atoms with Crippen LogP contribution >= 0.6 is 11.6 Å². The minimum absolute atomic E-state index is 0.366. The largest absolute Gasteiger partial charge is 0.480 e. The molecule has 0 aliphatic carbocycles. The molecule has 0 fully saturated rings. The monoisotopic (exact) mass is 298 g/mol. The van der Waals surface area contributed by atoms with Crippen LogP contribution in [0, 0.1) is 0 Å². The fourth-order valence-electron chi connectivity index (χ4n) is 1.79. The van der Waals surface area contributed by atoms with Crippen molar-refractivity contribution in [2.45, 2.75) is 32.4 Å². The molecular weight excluding hydrogens is 280 g/mol. The summed E-state index contributed by atoms with van der Waals surface area (Å²) in [5, 5.41) is 12.1. The number of carbonyl (C=O) groups excluding carboxylic acids is 1. The Labute approximate surface area is 123 Å². The lowest BCUT2D eigenvalue weighted by atomic mass is 10.2. The Morgan fingerprint density at radius 3 is 2.70 bits per heavy atom. The molecule has 0 spiro atoms. The summed E-state index contributed by atoms with van der Waals surface area (Å²) in [4.78, 5) is 24.4. The first-order chi connectivity index (χ1) is 9.43. The molecule has 20 heavy (non-hydrogen) atoms. The lowest BCUT2D eigenvalue weighted by molar-refractivity contribution is -0.139. The number of carboxylic acids is 1. The lowest BCUT2D eigenvalue weighted by Gasteiger charge is -2.21. The van der Waals surface area contributed by atoms with E-state index in [1.54, 1.807) is 25.2 Å². The van der Waals surface area contributed by atoms with Crippen molar-refractivity contribution < 1.29 is 14.7 Å². The summed E-state index contributed by atoms with van der Waals surface area (Å²) in [7, 11) is 1.61. The summed E-state index contributed by atoms with van der Waals surface area (Å²) in [5.41, 5.74) is 0.887. The van der Waals surface area contributed by atoms with E-state index in [4.69, 9.17) is 16.7 Å². The molecule has 1 unspecified atom stereocenters. The van der Waals surface area contributed by atoms with Gasteiger partial charge in [0.1, 0.15) is 6.04 Å². The van der Waals surface area contributed by atoms with Gasteiger partial charge in [-0.25, -0.2) is 9.59 Å². The molecule has 1 aromatic carbocycles. The number of carbonyl (C=O) groups is 2. The summed E-state index contributed by atoms with van der Waals surface area (Å²) in [6.07, 6.45) is 1.10. The van der Waals surface area contributed by atoms with Gasteiger partial charge in [-0.1, -0.05) is 37.1 Å². The van der Waals surface area contributed by atoms with Gasteiger partial charge in [0, 0.05) is 18.6 Å². The highest BCUT2D eigenvalue weighted by molar-refractivity contribution is 6.30. The quantitative estimate of drug-likeness (QED) is 0.848. The Morgan fingerprint density at radius 1 is 1.45 bits per heavy atom. The van der Waals surface area contributed by atoms with Gasteiger partial charge in [-0.05, 0) is 24.1 Å². The molecule has 0 aliphatic rings. The number of nitrogens with one attached hydrogen (secondary N) is 1. The van der Waals surface area contributed by atoms with Crippen LogP contribution in [0.4, 0.5) is 4.79 Å². The van der Waals surface area contributed by atoms with Crippen LogP contribution in [0.3, 0.4) is 0 Å². The highest BCUT2D eigenvalue weighted by Crippen LogP contribution is 2.12. The number of hydrogen-bond donors (Lipinski definition) is 2. The third-order valence-corrected chi connectivity index (χ3v) is 3.06. The highest BCUT2D eigenvalue weighted by Gasteiger charge is 2.20. The average molecular weight is 299 g/mol. The predicted molar refractivity (Wildman–Crippen MR) is 77.8 cm³/mol. The van der Waals surface area contributed by atoms with Gasteiger partial charge in [-0.15, -0.1) is 0 Å². The molecule has 0 aliphatic heterocycles. The zero-order valence-electron chi connectivity index (χ0n) is 11.6. The summed E-state index contributed by atoms with van der Waals surface area (Å²) in [6, 6.07) is 5.93. The molecule has 1 atom stereocenters. The SMILES string of the molecule is CCCC(NC(=O)N(C)Cc1cccc(Cl)c1)C(=O)O. The van der Waals surface area contributed by atoms with Crippen LogP contribution in [-0.2, 0) is 11.3 Å². The Bertz CT molecular complexity index is 479. The Kier molecular flexibility index (Phi) is 6.31. The van der Waals surface area contributed by atoms with E-state index >= 15 is 0 Å². The number of amides is 2. The normalized spacial score (nSPS) is 11.8. The molecule has 0 saturated carbocycles. The van der Waals surface area contributed by atoms with Crippen LogP contribution in [-0.4, -0.2) is 35.1 Å². The maximum atomic E-state index is 11.9. The lowest BCUT2D eigenvalue weighted by Crippen LogP contribution is -2.46. The molecule has 2 N–H and O–H groups in total. The second-order valence-electron chi connectivity index (χ2n) is 4.61. The molecule has 0 bridgehead atoms. The molecule has 110 valence electrons. The van der Waals surface area contributed by atoms with Crippen LogP contribution in [0.2, 0.25) is 5.02 Å². The van der Waals surface area contributed by atoms with Gasteiger partial charge in [-0.3, -0.25) is 0 Å². The van der Waals surface area contributed by atoms with Crippen molar-refractivity contribution in [1.29, 1.82) is 0 Å². The summed E-state index contributed by atoms with van der Waals surface area (Å²) in [6.45, 7) is 2.24. The number of benzene rings is 1. The van der Waals surface area contributed by atoms with Crippen LogP contribution in [0.15, 0.2) is 24.3 Å². The molecule has 2 amide bonds. The maximum absolute atomic E-state index is 11.9. The molecule has 0 heterocycles. The number of nitrogens with zero attached hydrogens (tertiary/aromatic N) is 1. The maximum Gasteiger partial charge on any atom is 0.326 e. The topological polar surface area (TPSA) is 69.6 Å². The first kappa shape index (κ1) is 16.3. The number of carboxylic acid groups (broad SMARTS) is 1. The Balaban J connectivity index is 2.60. The molecule has 0 radical (unpaired) electrons. The number of rotatable bonds is 6. The fourth-order valence-corrected chi connectivity index (χ4v) is 2.00. The zero-order chi connectivity index (χ0) is 15.1. The van der Waals surface area contributed by atoms with Crippen molar-refractivity contribution in [2.75, 3.05) is 7.05 Å². The first-order valence-electron chi connectivity index (χ1n) is 6.43. The predicted octanol–water partition coefficient (Wildman–Crippen LogP) is 2.73. The summed E-state index contributed by atoms with van der Waals surface area (Å²) in [5.74, 6) is -1.02. The van der Waals surface area contributed by atoms with Crippen molar-refractivity contribution >= 4 is 23.6 Å². The van der Waals surface area contributed by atoms with E-state index in [2.05, 4.69) is 5.32 Å². The molecule has 0 saturated heterocycles. The van der Waals surface area contributed by atoms with Gasteiger partial charge in [0.25, 0.3) is 0 Å². The van der Waals surface area contributed by atoms with E-state index in [1.807, 2.05) is 13.0 Å². The third-order valence-electron chi connectivity index (χ3n) is 2.83. The average Bonchev–Trinajstić information content (AvgIpc) is 2.37. The highest BCUT2D eigenvalue weighted by atomic mass is 35.5. The molecule has 0 aromatic heterocycles. The van der Waals surface area contributed by atoms with Crippen molar-refractivity contribution in [1.82, 2.24) is 10.2 Å². The molecule has 6 heteroatoms. The number of halogens is 1. The van der Waals surface area contributed by atoms with Crippen molar-refractivity contribution in [3.8, 4) is 0 Å². The summed E-state index contributed by atoms with van der Waals surface area (Å²) >= 11 is 5.88. The van der Waals surface area contributed by atoms with E-state index in [0.29, 0.717) is 24.4 Å². The minimum Gasteiger partial charge on any atom is -0.480 e.